The van der Waals surface area contributed by atoms with Crippen LogP contribution < -0.4 is 4.74 Å². The number of carbonyl (C=O) groups is 2. The maximum Gasteiger partial charge on any atom is 0.514 e. The Labute approximate surface area is 82.4 Å². The van der Waals surface area contributed by atoms with Crippen LogP contribution in [0.2, 0.25) is 0 Å². The number of rotatable bonds is 2. The van der Waals surface area contributed by atoms with Crippen LogP contribution in [0.15, 0.2) is 0 Å². The predicted octanol–water partition coefficient (Wildman–Crippen LogP) is 1.76. The molecule has 0 amide bonds. The van der Waals surface area contributed by atoms with Gasteiger partial charge in [0.1, 0.15) is 9.39 Å². The quantitative estimate of drug-likeness (QED) is 0.466. The molecular formula is C6H5NO4S2. The maximum absolute atomic E-state index is 10.6. The van der Waals surface area contributed by atoms with Crippen molar-refractivity contribution in [1.82, 2.24) is 4.37 Å². The lowest BCUT2D eigenvalue weighted by Crippen LogP contribution is -2.08. The first-order valence-electron chi connectivity index (χ1n) is 3.11. The van der Waals surface area contributed by atoms with Gasteiger partial charge in [-0.1, -0.05) is 12.2 Å². The van der Waals surface area contributed by atoms with Crippen LogP contribution in [0.4, 0.5) is 4.79 Å². The molecule has 1 aromatic heterocycles. The lowest BCUT2D eigenvalue weighted by atomic mass is 10.4. The molecule has 0 aliphatic carbocycles. The summed E-state index contributed by atoms with van der Waals surface area (Å²) in [6, 6.07) is 0. The number of aromatic amines is 1. The summed E-state index contributed by atoms with van der Waals surface area (Å²) in [5, 5.41) is 0. The standard InChI is InChI=1S/C6H5NO4S2/c1-10-6(9)11-4-3(2-8)5(12)13-7-4/h2,7H,1H3. The molecule has 0 aromatic carbocycles. The second-order valence-electron chi connectivity index (χ2n) is 1.91. The topological polar surface area (TPSA) is 68.4 Å². The highest BCUT2D eigenvalue weighted by atomic mass is 32.2. The molecule has 0 fully saturated rings. The number of aldehydes is 1. The molecule has 0 unspecified atom stereocenters. The second-order valence-corrected chi connectivity index (χ2v) is 3.39. The van der Waals surface area contributed by atoms with Gasteiger partial charge in [0.05, 0.1) is 7.11 Å². The number of hydrogen-bond acceptors (Lipinski definition) is 6. The van der Waals surface area contributed by atoms with Gasteiger partial charge in [-0.2, -0.15) is 0 Å². The number of nitrogens with one attached hydrogen (secondary N) is 1. The van der Waals surface area contributed by atoms with Crippen molar-refractivity contribution in [2.45, 2.75) is 0 Å². The molecule has 70 valence electrons. The lowest BCUT2D eigenvalue weighted by molar-refractivity contribution is 0.110. The summed E-state index contributed by atoms with van der Waals surface area (Å²) >= 11 is 5.82. The third-order valence-electron chi connectivity index (χ3n) is 1.17. The zero-order valence-corrected chi connectivity index (χ0v) is 8.16. The predicted molar refractivity (Wildman–Crippen MR) is 47.9 cm³/mol. The largest absolute Gasteiger partial charge is 0.514 e. The Morgan fingerprint density at radius 2 is 2.38 bits per heavy atom. The van der Waals surface area contributed by atoms with E-state index in [0.29, 0.717) is 10.1 Å². The van der Waals surface area contributed by atoms with Gasteiger partial charge in [-0.05, 0) is 11.5 Å². The SMILES string of the molecule is COC(=O)Oc1[nH]sc(=S)c1C=O. The first-order chi connectivity index (χ1) is 6.19. The van der Waals surface area contributed by atoms with E-state index in [0.717, 1.165) is 11.5 Å². The molecule has 1 heterocycles. The van der Waals surface area contributed by atoms with Gasteiger partial charge in [0.2, 0.25) is 5.88 Å². The van der Waals surface area contributed by atoms with E-state index in [1.54, 1.807) is 0 Å². The molecule has 0 saturated carbocycles. The Morgan fingerprint density at radius 1 is 1.69 bits per heavy atom. The molecule has 0 atom stereocenters. The molecule has 1 rings (SSSR count). The zero-order chi connectivity index (χ0) is 9.84. The Balaban J connectivity index is 2.95. The maximum atomic E-state index is 10.6. The van der Waals surface area contributed by atoms with Crippen molar-refractivity contribution >= 4 is 36.2 Å². The number of carbonyl (C=O) groups excluding carboxylic acids is 2. The van der Waals surface area contributed by atoms with Crippen LogP contribution in [-0.2, 0) is 4.74 Å². The second kappa shape index (κ2) is 4.15. The van der Waals surface area contributed by atoms with E-state index < -0.39 is 6.16 Å². The molecular weight excluding hydrogens is 214 g/mol. The van der Waals surface area contributed by atoms with E-state index in [1.165, 1.54) is 7.11 Å². The Bertz CT molecular complexity index is 380. The third kappa shape index (κ3) is 2.13. The number of methoxy groups -OCH3 is 1. The van der Waals surface area contributed by atoms with Crippen LogP contribution in [0.25, 0.3) is 0 Å². The van der Waals surface area contributed by atoms with Crippen LogP contribution in [-0.4, -0.2) is 23.9 Å². The van der Waals surface area contributed by atoms with Crippen LogP contribution in [0.1, 0.15) is 10.4 Å². The highest BCUT2D eigenvalue weighted by Crippen LogP contribution is 2.19. The Kier molecular flexibility index (Phi) is 3.15. The third-order valence-corrected chi connectivity index (χ3v) is 2.33. The summed E-state index contributed by atoms with van der Waals surface area (Å²) in [7, 11) is 1.17. The molecule has 7 heteroatoms. The molecule has 0 aliphatic rings. The highest BCUT2D eigenvalue weighted by Gasteiger charge is 2.12. The molecule has 1 aromatic rings. The van der Waals surface area contributed by atoms with E-state index >= 15 is 0 Å². The normalized spacial score (nSPS) is 9.31. The van der Waals surface area contributed by atoms with Crippen molar-refractivity contribution in [1.29, 1.82) is 0 Å². The van der Waals surface area contributed by atoms with Gasteiger partial charge in [-0.25, -0.2) is 4.79 Å². The minimum Gasteiger partial charge on any atom is -0.437 e. The fourth-order valence-corrected chi connectivity index (χ4v) is 1.45. The highest BCUT2D eigenvalue weighted by molar-refractivity contribution is 7.73. The molecule has 13 heavy (non-hydrogen) atoms. The fraction of sp³-hybridized carbons (Fsp3) is 0.167. The van der Waals surface area contributed by atoms with Crippen molar-refractivity contribution in [3.05, 3.63) is 9.39 Å². The number of aromatic nitrogens is 1. The fourth-order valence-electron chi connectivity index (χ4n) is 0.598. The first kappa shape index (κ1) is 9.87. The van der Waals surface area contributed by atoms with E-state index in [2.05, 4.69) is 13.8 Å². The molecule has 0 aliphatic heterocycles. The zero-order valence-electron chi connectivity index (χ0n) is 6.53. The van der Waals surface area contributed by atoms with Crippen molar-refractivity contribution in [3.8, 4) is 5.88 Å². The van der Waals surface area contributed by atoms with Gasteiger partial charge in [0.15, 0.2) is 6.29 Å². The summed E-state index contributed by atoms with van der Waals surface area (Å²) in [5.74, 6) is 0.0249. The van der Waals surface area contributed by atoms with Gasteiger partial charge in [0.25, 0.3) is 0 Å². The summed E-state index contributed by atoms with van der Waals surface area (Å²) < 4.78 is 11.8. The molecule has 5 nitrogen and oxygen atoms in total. The van der Waals surface area contributed by atoms with Gasteiger partial charge >= 0.3 is 6.16 Å². The van der Waals surface area contributed by atoms with E-state index in [9.17, 15) is 9.59 Å². The molecule has 0 spiro atoms. The summed E-state index contributed by atoms with van der Waals surface area (Å²) in [4.78, 5) is 21.1. The van der Waals surface area contributed by atoms with Crippen LogP contribution >= 0.6 is 23.8 Å². The Hall–Kier alpha value is -1.21. The Morgan fingerprint density at radius 3 is 2.92 bits per heavy atom. The van der Waals surface area contributed by atoms with Gasteiger partial charge in [0, 0.05) is 0 Å². The van der Waals surface area contributed by atoms with E-state index in [-0.39, 0.29) is 11.4 Å². The van der Waals surface area contributed by atoms with Crippen molar-refractivity contribution < 1.29 is 19.1 Å². The lowest BCUT2D eigenvalue weighted by Gasteiger charge is -1.98. The minimum atomic E-state index is -0.896. The monoisotopic (exact) mass is 219 g/mol. The average molecular weight is 219 g/mol. The van der Waals surface area contributed by atoms with Crippen molar-refractivity contribution in [2.24, 2.45) is 0 Å². The molecule has 0 saturated heterocycles. The molecule has 0 radical (unpaired) electrons. The van der Waals surface area contributed by atoms with Crippen molar-refractivity contribution in [3.63, 3.8) is 0 Å². The van der Waals surface area contributed by atoms with Crippen LogP contribution in [0, 0.1) is 3.82 Å². The molecule has 0 bridgehead atoms. The van der Waals surface area contributed by atoms with Crippen molar-refractivity contribution in [2.75, 3.05) is 7.11 Å². The van der Waals surface area contributed by atoms with Gasteiger partial charge in [-0.3, -0.25) is 9.17 Å². The van der Waals surface area contributed by atoms with E-state index in [1.807, 2.05) is 0 Å². The summed E-state index contributed by atoms with van der Waals surface area (Å²) in [5.41, 5.74) is 0.158. The van der Waals surface area contributed by atoms with Gasteiger partial charge in [-0.15, -0.1) is 0 Å². The first-order valence-corrected chi connectivity index (χ1v) is 4.34. The summed E-state index contributed by atoms with van der Waals surface area (Å²) in [6.07, 6.45) is -0.375. The number of hydrogen-bond donors (Lipinski definition) is 1. The summed E-state index contributed by atoms with van der Waals surface area (Å²) in [6.45, 7) is 0. The smallest absolute Gasteiger partial charge is 0.437 e. The van der Waals surface area contributed by atoms with Crippen LogP contribution in [0.5, 0.6) is 5.88 Å². The van der Waals surface area contributed by atoms with E-state index in [4.69, 9.17) is 12.2 Å². The van der Waals surface area contributed by atoms with Crippen LogP contribution in [0.3, 0.4) is 0 Å². The van der Waals surface area contributed by atoms with Gasteiger partial charge < -0.3 is 9.47 Å². The average Bonchev–Trinajstić information content (AvgIpc) is 2.46. The molecule has 1 N–H and O–H groups in total. The number of ether oxygens (including phenoxy) is 2. The number of H-pyrrole nitrogens is 1. The minimum absolute atomic E-state index is 0.0249.